The molecule has 0 saturated heterocycles. The summed E-state index contributed by atoms with van der Waals surface area (Å²) in [7, 11) is 7.35. The predicted molar refractivity (Wildman–Crippen MR) is 99.8 cm³/mol. The summed E-state index contributed by atoms with van der Waals surface area (Å²) in [5.41, 5.74) is 0. The van der Waals surface area contributed by atoms with Crippen LogP contribution in [-0.4, -0.2) is 59.1 Å². The monoisotopic (exact) mass is 367 g/mol. The number of carbonyl (C=O) groups excluding carboxylic acids is 1. The van der Waals surface area contributed by atoms with Gasteiger partial charge in [-0.05, 0) is 26.2 Å². The SMILES string of the molecule is CNC(=O)Nc1nc(NCCSCc2ccc(CN(C)C)o2)n(C)n1. The van der Waals surface area contributed by atoms with Crippen LogP contribution in [-0.2, 0) is 19.3 Å². The maximum atomic E-state index is 11.2. The first kappa shape index (κ1) is 19.1. The van der Waals surface area contributed by atoms with Crippen molar-refractivity contribution in [2.45, 2.75) is 12.3 Å². The van der Waals surface area contributed by atoms with Crippen LogP contribution in [0.1, 0.15) is 11.5 Å². The van der Waals surface area contributed by atoms with Crippen molar-refractivity contribution in [3.8, 4) is 0 Å². The van der Waals surface area contributed by atoms with Crippen LogP contribution in [0.5, 0.6) is 0 Å². The van der Waals surface area contributed by atoms with Crippen LogP contribution in [0.2, 0.25) is 0 Å². The average molecular weight is 367 g/mol. The van der Waals surface area contributed by atoms with Crippen molar-refractivity contribution in [1.29, 1.82) is 0 Å². The van der Waals surface area contributed by atoms with Crippen LogP contribution in [0.15, 0.2) is 16.5 Å². The Labute approximate surface area is 151 Å². The summed E-state index contributed by atoms with van der Waals surface area (Å²) >= 11 is 1.78. The molecule has 0 aromatic carbocycles. The van der Waals surface area contributed by atoms with Crippen LogP contribution in [0.25, 0.3) is 0 Å². The van der Waals surface area contributed by atoms with Crippen molar-refractivity contribution < 1.29 is 9.21 Å². The van der Waals surface area contributed by atoms with E-state index in [4.69, 9.17) is 4.42 Å². The van der Waals surface area contributed by atoms with E-state index in [0.29, 0.717) is 5.95 Å². The highest BCUT2D eigenvalue weighted by Crippen LogP contribution is 2.16. The van der Waals surface area contributed by atoms with E-state index in [-0.39, 0.29) is 12.0 Å². The molecule has 0 atom stereocenters. The first-order chi connectivity index (χ1) is 12.0. The van der Waals surface area contributed by atoms with Gasteiger partial charge in [-0.1, -0.05) is 0 Å². The van der Waals surface area contributed by atoms with Gasteiger partial charge in [0, 0.05) is 26.4 Å². The average Bonchev–Trinajstić information content (AvgIpc) is 3.13. The van der Waals surface area contributed by atoms with Crippen molar-refractivity contribution in [2.75, 3.05) is 44.1 Å². The molecule has 0 aliphatic heterocycles. The molecule has 2 heterocycles. The fraction of sp³-hybridized carbons (Fsp3) is 0.533. The molecule has 3 N–H and O–H groups in total. The molecular weight excluding hydrogens is 342 g/mol. The zero-order valence-corrected chi connectivity index (χ0v) is 15.8. The number of rotatable bonds is 9. The summed E-state index contributed by atoms with van der Waals surface area (Å²) in [6, 6.07) is 3.70. The Morgan fingerprint density at radius 1 is 1.36 bits per heavy atom. The van der Waals surface area contributed by atoms with Crippen LogP contribution in [0.3, 0.4) is 0 Å². The highest BCUT2D eigenvalue weighted by molar-refractivity contribution is 7.98. The second kappa shape index (κ2) is 9.33. The molecular formula is C15H25N7O2S. The van der Waals surface area contributed by atoms with Crippen LogP contribution < -0.4 is 16.0 Å². The fourth-order valence-electron chi connectivity index (χ4n) is 2.06. The predicted octanol–water partition coefficient (Wildman–Crippen LogP) is 1.57. The van der Waals surface area contributed by atoms with Gasteiger partial charge in [0.15, 0.2) is 0 Å². The van der Waals surface area contributed by atoms with Crippen molar-refractivity contribution >= 4 is 29.7 Å². The van der Waals surface area contributed by atoms with Gasteiger partial charge in [-0.2, -0.15) is 16.7 Å². The Hall–Kier alpha value is -2.20. The number of amides is 2. The van der Waals surface area contributed by atoms with E-state index >= 15 is 0 Å². The number of furan rings is 1. The highest BCUT2D eigenvalue weighted by Gasteiger charge is 2.09. The third-order valence-electron chi connectivity index (χ3n) is 3.18. The Morgan fingerprint density at radius 3 is 2.84 bits per heavy atom. The Bertz CT molecular complexity index is 683. The minimum absolute atomic E-state index is 0.265. The lowest BCUT2D eigenvalue weighted by Crippen LogP contribution is -2.25. The van der Waals surface area contributed by atoms with Gasteiger partial charge in [-0.25, -0.2) is 9.48 Å². The Balaban J connectivity index is 1.69. The molecule has 2 aromatic rings. The summed E-state index contributed by atoms with van der Waals surface area (Å²) in [4.78, 5) is 17.5. The lowest BCUT2D eigenvalue weighted by Gasteiger charge is -2.06. The van der Waals surface area contributed by atoms with E-state index < -0.39 is 0 Å². The standard InChI is InChI=1S/C15H25N7O2S/c1-16-15(23)19-13-18-14(22(4)20-13)17-7-8-25-10-12-6-5-11(24-12)9-21(2)3/h5-6H,7-10H2,1-4H3,(H3,16,17,18,19,20,23). The van der Waals surface area contributed by atoms with Crippen LogP contribution >= 0.6 is 11.8 Å². The molecule has 2 aromatic heterocycles. The topological polar surface area (TPSA) is 100 Å². The zero-order chi connectivity index (χ0) is 18.2. The van der Waals surface area contributed by atoms with E-state index in [0.717, 1.165) is 36.1 Å². The summed E-state index contributed by atoms with van der Waals surface area (Å²) in [5.74, 6) is 4.57. The molecule has 2 rings (SSSR count). The number of aromatic nitrogens is 3. The molecule has 2 amide bonds. The smallest absolute Gasteiger partial charge is 0.321 e. The van der Waals surface area contributed by atoms with Gasteiger partial charge in [0.05, 0.1) is 12.3 Å². The van der Waals surface area contributed by atoms with Gasteiger partial charge in [0.2, 0.25) is 5.95 Å². The molecule has 0 aliphatic rings. The third-order valence-corrected chi connectivity index (χ3v) is 4.16. The molecule has 0 radical (unpaired) electrons. The Kier molecular flexibility index (Phi) is 7.14. The van der Waals surface area contributed by atoms with Gasteiger partial charge < -0.3 is 20.0 Å². The molecule has 9 nitrogen and oxygen atoms in total. The van der Waals surface area contributed by atoms with Gasteiger partial charge in [-0.3, -0.25) is 5.32 Å². The second-order valence-corrected chi connectivity index (χ2v) is 6.78. The number of hydrogen-bond acceptors (Lipinski definition) is 7. The number of anilines is 2. The maximum absolute atomic E-state index is 11.2. The van der Waals surface area contributed by atoms with E-state index in [2.05, 4.69) is 30.9 Å². The number of urea groups is 1. The molecule has 25 heavy (non-hydrogen) atoms. The number of nitrogens with zero attached hydrogens (tertiary/aromatic N) is 4. The molecule has 0 fully saturated rings. The lowest BCUT2D eigenvalue weighted by atomic mass is 10.4. The Morgan fingerprint density at radius 2 is 2.12 bits per heavy atom. The van der Waals surface area contributed by atoms with Crippen LogP contribution in [0, 0.1) is 0 Å². The van der Waals surface area contributed by atoms with E-state index in [1.165, 1.54) is 7.05 Å². The number of carbonyl (C=O) groups is 1. The molecule has 10 heteroatoms. The van der Waals surface area contributed by atoms with Crippen LogP contribution in [0.4, 0.5) is 16.7 Å². The molecule has 0 unspecified atom stereocenters. The minimum atomic E-state index is -0.347. The minimum Gasteiger partial charge on any atom is -0.464 e. The summed E-state index contributed by atoms with van der Waals surface area (Å²) < 4.78 is 7.37. The maximum Gasteiger partial charge on any atom is 0.321 e. The summed E-state index contributed by atoms with van der Waals surface area (Å²) in [5, 5.41) is 12.3. The molecule has 0 saturated carbocycles. The number of nitrogens with one attached hydrogen (secondary N) is 3. The first-order valence-corrected chi connectivity index (χ1v) is 9.07. The summed E-state index contributed by atoms with van der Waals surface area (Å²) in [6.45, 7) is 1.55. The third kappa shape index (κ3) is 6.31. The quantitative estimate of drug-likeness (QED) is 0.578. The largest absolute Gasteiger partial charge is 0.464 e. The zero-order valence-electron chi connectivity index (χ0n) is 15.0. The van der Waals surface area contributed by atoms with E-state index in [9.17, 15) is 4.79 Å². The van der Waals surface area contributed by atoms with Crippen molar-refractivity contribution in [3.63, 3.8) is 0 Å². The van der Waals surface area contributed by atoms with Gasteiger partial charge in [0.25, 0.3) is 5.95 Å². The number of thioether (sulfide) groups is 1. The normalized spacial score (nSPS) is 10.9. The summed E-state index contributed by atoms with van der Waals surface area (Å²) in [6.07, 6.45) is 0. The highest BCUT2D eigenvalue weighted by atomic mass is 32.2. The first-order valence-electron chi connectivity index (χ1n) is 7.91. The second-order valence-electron chi connectivity index (χ2n) is 5.67. The van der Waals surface area contributed by atoms with E-state index in [1.54, 1.807) is 23.5 Å². The molecule has 138 valence electrons. The van der Waals surface area contributed by atoms with E-state index in [1.807, 2.05) is 26.2 Å². The van der Waals surface area contributed by atoms with Crippen molar-refractivity contribution in [3.05, 3.63) is 23.7 Å². The number of aryl methyl sites for hydroxylation is 1. The molecule has 0 spiro atoms. The van der Waals surface area contributed by atoms with Crippen molar-refractivity contribution in [1.82, 2.24) is 25.0 Å². The molecule has 0 aliphatic carbocycles. The lowest BCUT2D eigenvalue weighted by molar-refractivity contribution is 0.254. The molecule has 0 bridgehead atoms. The van der Waals surface area contributed by atoms with Gasteiger partial charge >= 0.3 is 6.03 Å². The number of hydrogen-bond donors (Lipinski definition) is 3. The fourth-order valence-corrected chi connectivity index (χ4v) is 2.81. The van der Waals surface area contributed by atoms with Crippen molar-refractivity contribution in [2.24, 2.45) is 7.05 Å². The van der Waals surface area contributed by atoms with Gasteiger partial charge in [-0.15, -0.1) is 5.10 Å². The van der Waals surface area contributed by atoms with Gasteiger partial charge in [0.1, 0.15) is 11.5 Å².